The van der Waals surface area contributed by atoms with Crippen LogP contribution in [0.25, 0.3) is 10.9 Å². The molecule has 0 saturated carbocycles. The highest BCUT2D eigenvalue weighted by Crippen LogP contribution is 2.30. The smallest absolute Gasteiger partial charge is 0.358 e. The zero-order chi connectivity index (χ0) is 16.7. The molecule has 3 aromatic rings. The van der Waals surface area contributed by atoms with Crippen molar-refractivity contribution < 1.29 is 9.90 Å². The fourth-order valence-electron chi connectivity index (χ4n) is 3.11. The van der Waals surface area contributed by atoms with Gasteiger partial charge in [-0.3, -0.25) is 0 Å². The average Bonchev–Trinajstić information content (AvgIpc) is 3.23. The zero-order valence-corrected chi connectivity index (χ0v) is 13.1. The van der Waals surface area contributed by atoms with Crippen LogP contribution in [0.1, 0.15) is 28.5 Å². The minimum Gasteiger partial charge on any atom is -0.476 e. The summed E-state index contributed by atoms with van der Waals surface area (Å²) < 4.78 is 1.64. The molecular formula is C16H16N6O2. The van der Waals surface area contributed by atoms with Gasteiger partial charge in [-0.05, 0) is 25.5 Å². The van der Waals surface area contributed by atoms with Crippen LogP contribution in [0.2, 0.25) is 0 Å². The molecule has 1 unspecified atom stereocenters. The van der Waals surface area contributed by atoms with Crippen molar-refractivity contribution in [2.24, 2.45) is 0 Å². The summed E-state index contributed by atoms with van der Waals surface area (Å²) in [5, 5.41) is 17.6. The number of hydrogen-bond donors (Lipinski definition) is 1. The maximum Gasteiger partial charge on any atom is 0.358 e. The Morgan fingerprint density at radius 2 is 2.21 bits per heavy atom. The normalized spacial score (nSPS) is 17.5. The van der Waals surface area contributed by atoms with Crippen LogP contribution >= 0.6 is 0 Å². The van der Waals surface area contributed by atoms with Gasteiger partial charge in [0.05, 0.1) is 17.8 Å². The number of carboxylic acid groups (broad SMARTS) is 1. The Balaban J connectivity index is 1.63. The number of rotatable bonds is 3. The lowest BCUT2D eigenvalue weighted by atomic mass is 10.1. The topological polar surface area (TPSA) is 97.0 Å². The maximum atomic E-state index is 11.0. The molecule has 1 saturated heterocycles. The molecule has 2 aromatic heterocycles. The van der Waals surface area contributed by atoms with Gasteiger partial charge in [0.25, 0.3) is 0 Å². The lowest BCUT2D eigenvalue weighted by Gasteiger charge is -2.19. The first-order valence-electron chi connectivity index (χ1n) is 7.73. The SMILES string of the molecule is Cc1ccc2ncnc(N3CCC(n4cc(C(=O)O)nn4)C3)c2c1. The number of fused-ring (bicyclic) bond motifs is 1. The van der Waals surface area contributed by atoms with Crippen LogP contribution in [0.4, 0.5) is 5.82 Å². The van der Waals surface area contributed by atoms with Crippen molar-refractivity contribution in [2.45, 2.75) is 19.4 Å². The Hall–Kier alpha value is -3.03. The molecule has 0 aliphatic carbocycles. The molecule has 8 heteroatoms. The molecule has 24 heavy (non-hydrogen) atoms. The Kier molecular flexibility index (Phi) is 3.37. The molecule has 1 atom stereocenters. The predicted molar refractivity (Wildman–Crippen MR) is 87.1 cm³/mol. The van der Waals surface area contributed by atoms with Gasteiger partial charge in [-0.2, -0.15) is 0 Å². The second-order valence-corrected chi connectivity index (χ2v) is 6.00. The minimum atomic E-state index is -1.06. The van der Waals surface area contributed by atoms with Crippen LogP contribution in [0.3, 0.4) is 0 Å². The molecule has 0 spiro atoms. The molecule has 122 valence electrons. The van der Waals surface area contributed by atoms with E-state index in [-0.39, 0.29) is 11.7 Å². The fourth-order valence-corrected chi connectivity index (χ4v) is 3.11. The van der Waals surface area contributed by atoms with Gasteiger partial charge < -0.3 is 10.0 Å². The van der Waals surface area contributed by atoms with Crippen LogP contribution in [0.5, 0.6) is 0 Å². The Bertz CT molecular complexity index is 922. The number of carboxylic acids is 1. The summed E-state index contributed by atoms with van der Waals surface area (Å²) in [5.41, 5.74) is 2.05. The Morgan fingerprint density at radius 1 is 1.33 bits per heavy atom. The van der Waals surface area contributed by atoms with Gasteiger partial charge in [0.1, 0.15) is 12.1 Å². The number of aryl methyl sites for hydroxylation is 1. The molecule has 4 rings (SSSR count). The minimum absolute atomic E-state index is 0.0310. The van der Waals surface area contributed by atoms with E-state index in [1.54, 1.807) is 11.0 Å². The van der Waals surface area contributed by atoms with Crippen LogP contribution in [0, 0.1) is 6.92 Å². The monoisotopic (exact) mass is 324 g/mol. The third-order valence-electron chi connectivity index (χ3n) is 4.34. The maximum absolute atomic E-state index is 11.0. The van der Waals surface area contributed by atoms with Crippen LogP contribution in [-0.2, 0) is 0 Å². The van der Waals surface area contributed by atoms with E-state index < -0.39 is 5.97 Å². The van der Waals surface area contributed by atoms with E-state index in [0.717, 1.165) is 35.2 Å². The van der Waals surface area contributed by atoms with E-state index >= 15 is 0 Å². The van der Waals surface area contributed by atoms with Gasteiger partial charge in [-0.1, -0.05) is 16.8 Å². The summed E-state index contributed by atoms with van der Waals surface area (Å²) in [7, 11) is 0. The highest BCUT2D eigenvalue weighted by molar-refractivity contribution is 5.90. The summed E-state index contributed by atoms with van der Waals surface area (Å²) in [6, 6.07) is 6.21. The number of hydrogen-bond acceptors (Lipinski definition) is 6. The number of aromatic nitrogens is 5. The van der Waals surface area contributed by atoms with Crippen LogP contribution in [0.15, 0.2) is 30.7 Å². The molecular weight excluding hydrogens is 308 g/mol. The van der Waals surface area contributed by atoms with E-state index in [4.69, 9.17) is 5.11 Å². The van der Waals surface area contributed by atoms with Gasteiger partial charge in [-0.15, -0.1) is 5.10 Å². The van der Waals surface area contributed by atoms with Crippen molar-refractivity contribution in [3.8, 4) is 0 Å². The summed E-state index contributed by atoms with van der Waals surface area (Å²) in [5.74, 6) is -0.154. The fraction of sp³-hybridized carbons (Fsp3) is 0.312. The van der Waals surface area contributed by atoms with Gasteiger partial charge in [0.2, 0.25) is 0 Å². The second-order valence-electron chi connectivity index (χ2n) is 6.00. The van der Waals surface area contributed by atoms with E-state index in [0.29, 0.717) is 6.54 Å². The zero-order valence-electron chi connectivity index (χ0n) is 13.1. The number of nitrogens with zero attached hydrogens (tertiary/aromatic N) is 6. The highest BCUT2D eigenvalue weighted by Gasteiger charge is 2.27. The Labute approximate surface area is 137 Å². The van der Waals surface area contributed by atoms with E-state index in [1.165, 1.54) is 6.20 Å². The molecule has 0 amide bonds. The number of aromatic carboxylic acids is 1. The summed E-state index contributed by atoms with van der Waals surface area (Å²) in [4.78, 5) is 21.9. The summed E-state index contributed by atoms with van der Waals surface area (Å²) in [6.07, 6.45) is 3.93. The van der Waals surface area contributed by atoms with Crippen LogP contribution < -0.4 is 4.90 Å². The molecule has 8 nitrogen and oxygen atoms in total. The van der Waals surface area contributed by atoms with Crippen molar-refractivity contribution >= 4 is 22.7 Å². The van der Waals surface area contributed by atoms with Gasteiger partial charge in [-0.25, -0.2) is 19.4 Å². The highest BCUT2D eigenvalue weighted by atomic mass is 16.4. The lowest BCUT2D eigenvalue weighted by Crippen LogP contribution is -2.22. The van der Waals surface area contributed by atoms with Crippen molar-refractivity contribution in [3.05, 3.63) is 42.0 Å². The molecule has 1 aliphatic heterocycles. The molecule has 1 aliphatic rings. The third kappa shape index (κ3) is 2.45. The second kappa shape index (κ2) is 5.55. The third-order valence-corrected chi connectivity index (χ3v) is 4.34. The quantitative estimate of drug-likeness (QED) is 0.782. The first kappa shape index (κ1) is 14.6. The van der Waals surface area contributed by atoms with Crippen molar-refractivity contribution in [3.63, 3.8) is 0 Å². The number of carbonyl (C=O) groups is 1. The predicted octanol–water partition coefficient (Wildman–Crippen LogP) is 1.68. The van der Waals surface area contributed by atoms with E-state index in [9.17, 15) is 4.79 Å². The standard InChI is InChI=1S/C16H16N6O2/c1-10-2-3-13-12(6-10)15(18-9-17-13)21-5-4-11(7-21)22-8-14(16(23)24)19-20-22/h2-3,6,8-9,11H,4-5,7H2,1H3,(H,23,24). The molecule has 0 bridgehead atoms. The van der Waals surface area contributed by atoms with Crippen LogP contribution in [-0.4, -0.2) is 49.1 Å². The lowest BCUT2D eigenvalue weighted by molar-refractivity contribution is 0.0690. The van der Waals surface area contributed by atoms with Crippen molar-refractivity contribution in [1.29, 1.82) is 0 Å². The molecule has 3 heterocycles. The average molecular weight is 324 g/mol. The first-order valence-corrected chi connectivity index (χ1v) is 7.73. The van der Waals surface area contributed by atoms with Crippen molar-refractivity contribution in [2.75, 3.05) is 18.0 Å². The van der Waals surface area contributed by atoms with Crippen molar-refractivity contribution in [1.82, 2.24) is 25.0 Å². The molecule has 0 radical (unpaired) electrons. The first-order chi connectivity index (χ1) is 11.6. The number of benzene rings is 1. The van der Waals surface area contributed by atoms with Gasteiger partial charge in [0, 0.05) is 18.5 Å². The van der Waals surface area contributed by atoms with Gasteiger partial charge >= 0.3 is 5.97 Å². The molecule has 1 fully saturated rings. The van der Waals surface area contributed by atoms with E-state index in [1.807, 2.05) is 19.1 Å². The Morgan fingerprint density at radius 3 is 3.00 bits per heavy atom. The largest absolute Gasteiger partial charge is 0.476 e. The molecule has 1 aromatic carbocycles. The molecule has 1 N–H and O–H groups in total. The van der Waals surface area contributed by atoms with Gasteiger partial charge in [0.15, 0.2) is 5.69 Å². The number of anilines is 1. The van der Waals surface area contributed by atoms with E-state index in [2.05, 4.69) is 31.2 Å². The summed E-state index contributed by atoms with van der Waals surface area (Å²) >= 11 is 0. The summed E-state index contributed by atoms with van der Waals surface area (Å²) in [6.45, 7) is 3.58.